The number of aliphatic imine (C=N–C) groups is 1. The minimum Gasteiger partial charge on any atom is -0.448 e. The number of ether oxygens (including phenoxy) is 2. The van der Waals surface area contributed by atoms with Crippen LogP contribution in [0.1, 0.15) is 6.92 Å². The fraction of sp³-hybridized carbons (Fsp3) is 0.500. The second kappa shape index (κ2) is 2.53. The molecule has 0 saturated heterocycles. The van der Waals surface area contributed by atoms with Gasteiger partial charge in [0.2, 0.25) is 0 Å². The average Bonchev–Trinajstić information content (AvgIpc) is 2.15. The fourth-order valence-corrected chi connectivity index (χ4v) is 0.526. The highest BCUT2D eigenvalue weighted by atomic mass is 16.7. The van der Waals surface area contributed by atoms with Gasteiger partial charge in [-0.25, -0.2) is 4.99 Å². The van der Waals surface area contributed by atoms with Gasteiger partial charge in [-0.1, -0.05) is 6.58 Å². The molecule has 0 spiro atoms. The molecule has 9 heavy (non-hydrogen) atoms. The summed E-state index contributed by atoms with van der Waals surface area (Å²) in [5.74, 6) is 0.607. The molecule has 1 rings (SSSR count). The first-order chi connectivity index (χ1) is 4.29. The predicted octanol–water partition coefficient (Wildman–Crippen LogP) is 0.923. The van der Waals surface area contributed by atoms with E-state index < -0.39 is 0 Å². The van der Waals surface area contributed by atoms with Crippen LogP contribution in [0.15, 0.2) is 17.3 Å². The van der Waals surface area contributed by atoms with E-state index >= 15 is 0 Å². The van der Waals surface area contributed by atoms with E-state index in [-0.39, 0.29) is 0 Å². The van der Waals surface area contributed by atoms with Crippen LogP contribution in [0, 0.1) is 0 Å². The van der Waals surface area contributed by atoms with Gasteiger partial charge in [-0.05, 0) is 6.92 Å². The molecule has 50 valence electrons. The molecule has 3 nitrogen and oxygen atoms in total. The first-order valence-electron chi connectivity index (χ1n) is 2.79. The van der Waals surface area contributed by atoms with E-state index in [1.165, 1.54) is 0 Å². The maximum Gasteiger partial charge on any atom is 0.388 e. The predicted molar refractivity (Wildman–Crippen MR) is 34.2 cm³/mol. The third kappa shape index (κ3) is 1.76. The lowest BCUT2D eigenvalue weighted by Gasteiger charge is -2.00. The molecule has 0 aromatic heterocycles. The highest BCUT2D eigenvalue weighted by molar-refractivity contribution is 5.69. The summed E-state index contributed by atoms with van der Waals surface area (Å²) < 4.78 is 9.88. The van der Waals surface area contributed by atoms with E-state index in [2.05, 4.69) is 11.6 Å². The monoisotopic (exact) mass is 127 g/mol. The Kier molecular flexibility index (Phi) is 1.72. The van der Waals surface area contributed by atoms with Crippen molar-refractivity contribution >= 4 is 6.08 Å². The number of rotatable bonds is 1. The summed E-state index contributed by atoms with van der Waals surface area (Å²) >= 11 is 0. The molecule has 0 N–H and O–H groups in total. The molecule has 0 unspecified atom stereocenters. The largest absolute Gasteiger partial charge is 0.448 e. The molecule has 0 bridgehead atoms. The van der Waals surface area contributed by atoms with E-state index in [1.54, 1.807) is 6.92 Å². The van der Waals surface area contributed by atoms with Gasteiger partial charge in [0.15, 0.2) is 0 Å². The maximum atomic E-state index is 4.94. The van der Waals surface area contributed by atoms with E-state index in [9.17, 15) is 0 Å². The van der Waals surface area contributed by atoms with Gasteiger partial charge in [0.25, 0.3) is 0 Å². The number of nitrogens with zero attached hydrogens (tertiary/aromatic N) is 1. The molecule has 1 aliphatic heterocycles. The Bertz CT molecular complexity index is 151. The molecular weight excluding hydrogens is 118 g/mol. The molecule has 0 saturated carbocycles. The summed E-state index contributed by atoms with van der Waals surface area (Å²) in [7, 11) is 0. The summed E-state index contributed by atoms with van der Waals surface area (Å²) in [5, 5.41) is 0. The van der Waals surface area contributed by atoms with Crippen molar-refractivity contribution in [3.05, 3.63) is 12.3 Å². The lowest BCUT2D eigenvalue weighted by molar-refractivity contribution is 0.237. The van der Waals surface area contributed by atoms with Gasteiger partial charge in [0, 0.05) is 0 Å². The third-order valence-corrected chi connectivity index (χ3v) is 0.819. The molecule has 0 aromatic rings. The Morgan fingerprint density at radius 3 is 3.11 bits per heavy atom. The zero-order chi connectivity index (χ0) is 6.69. The lowest BCUT2D eigenvalue weighted by Crippen LogP contribution is -2.02. The van der Waals surface area contributed by atoms with Crippen LogP contribution in [0.4, 0.5) is 0 Å². The average molecular weight is 127 g/mol. The summed E-state index contributed by atoms with van der Waals surface area (Å²) in [4.78, 5) is 3.89. The summed E-state index contributed by atoms with van der Waals surface area (Å²) in [6.07, 6.45) is 0.350. The van der Waals surface area contributed by atoms with E-state index in [0.717, 1.165) is 0 Å². The molecule has 0 atom stereocenters. The van der Waals surface area contributed by atoms with Crippen LogP contribution in [0.2, 0.25) is 0 Å². The van der Waals surface area contributed by atoms with Crippen molar-refractivity contribution in [3.63, 3.8) is 0 Å². The van der Waals surface area contributed by atoms with E-state index in [1.807, 2.05) is 0 Å². The first-order valence-corrected chi connectivity index (χ1v) is 2.79. The van der Waals surface area contributed by atoms with E-state index in [4.69, 9.17) is 9.47 Å². The summed E-state index contributed by atoms with van der Waals surface area (Å²) in [6, 6.07) is 0. The Morgan fingerprint density at radius 1 is 1.89 bits per heavy atom. The van der Waals surface area contributed by atoms with Gasteiger partial charge in [0.05, 0.1) is 12.3 Å². The van der Waals surface area contributed by atoms with Crippen molar-refractivity contribution in [2.24, 2.45) is 4.99 Å². The second-order valence-corrected chi connectivity index (χ2v) is 1.80. The fourth-order valence-electron chi connectivity index (χ4n) is 0.526. The molecule has 0 radical (unpaired) electrons. The first kappa shape index (κ1) is 6.13. The molecular formula is C6H9NO2. The maximum absolute atomic E-state index is 4.94. The Balaban J connectivity index is 2.35. The summed E-state index contributed by atoms with van der Waals surface area (Å²) in [5.41, 5.74) is 0. The van der Waals surface area contributed by atoms with Crippen molar-refractivity contribution in [3.8, 4) is 0 Å². The molecule has 0 aliphatic carbocycles. The minimum atomic E-state index is 0.350. The highest BCUT2D eigenvalue weighted by Gasteiger charge is 2.07. The standard InChI is InChI=1S/C6H9NO2/c1-5(2)9-6-7-3-4-8-6/h1,3-4H2,2H3. The van der Waals surface area contributed by atoms with Crippen LogP contribution < -0.4 is 0 Å². The van der Waals surface area contributed by atoms with E-state index in [0.29, 0.717) is 25.0 Å². The Labute approximate surface area is 54.0 Å². The number of hydrogen-bond donors (Lipinski definition) is 0. The highest BCUT2D eigenvalue weighted by Crippen LogP contribution is 1.99. The zero-order valence-electron chi connectivity index (χ0n) is 5.39. The summed E-state index contributed by atoms with van der Waals surface area (Å²) in [6.45, 7) is 6.61. The molecule has 1 aliphatic rings. The van der Waals surface area contributed by atoms with Crippen LogP contribution in [0.25, 0.3) is 0 Å². The van der Waals surface area contributed by atoms with Gasteiger partial charge >= 0.3 is 6.08 Å². The lowest BCUT2D eigenvalue weighted by atomic mass is 10.7. The van der Waals surface area contributed by atoms with Crippen molar-refractivity contribution in [2.45, 2.75) is 6.92 Å². The van der Waals surface area contributed by atoms with Crippen LogP contribution >= 0.6 is 0 Å². The molecule has 1 heterocycles. The SMILES string of the molecule is C=C(C)OC1=NCCO1. The topological polar surface area (TPSA) is 30.8 Å². The van der Waals surface area contributed by atoms with Crippen molar-refractivity contribution in [2.75, 3.05) is 13.2 Å². The van der Waals surface area contributed by atoms with Gasteiger partial charge in [0.1, 0.15) is 6.61 Å². The molecule has 3 heteroatoms. The van der Waals surface area contributed by atoms with Gasteiger partial charge < -0.3 is 9.47 Å². The van der Waals surface area contributed by atoms with Crippen LogP contribution in [-0.4, -0.2) is 19.2 Å². The molecule has 0 aromatic carbocycles. The Morgan fingerprint density at radius 2 is 2.67 bits per heavy atom. The van der Waals surface area contributed by atoms with Crippen molar-refractivity contribution in [1.29, 1.82) is 0 Å². The second-order valence-electron chi connectivity index (χ2n) is 1.80. The molecule has 0 amide bonds. The van der Waals surface area contributed by atoms with Gasteiger partial charge in [-0.2, -0.15) is 0 Å². The van der Waals surface area contributed by atoms with Crippen LogP contribution in [0.5, 0.6) is 0 Å². The number of allylic oxidation sites excluding steroid dienone is 1. The smallest absolute Gasteiger partial charge is 0.388 e. The minimum absolute atomic E-state index is 0.350. The Hall–Kier alpha value is -0.990. The quantitative estimate of drug-likeness (QED) is 0.490. The van der Waals surface area contributed by atoms with Gasteiger partial charge in [-0.15, -0.1) is 0 Å². The van der Waals surface area contributed by atoms with Gasteiger partial charge in [-0.3, -0.25) is 0 Å². The number of hydrogen-bond acceptors (Lipinski definition) is 3. The zero-order valence-corrected chi connectivity index (χ0v) is 5.39. The molecule has 0 fully saturated rings. The van der Waals surface area contributed by atoms with Crippen molar-refractivity contribution < 1.29 is 9.47 Å². The van der Waals surface area contributed by atoms with Crippen LogP contribution in [-0.2, 0) is 9.47 Å². The third-order valence-electron chi connectivity index (χ3n) is 0.819. The van der Waals surface area contributed by atoms with Crippen molar-refractivity contribution in [1.82, 2.24) is 0 Å². The van der Waals surface area contributed by atoms with Crippen LogP contribution in [0.3, 0.4) is 0 Å². The normalized spacial score (nSPS) is 16.3.